The molecule has 1 amide bonds. The molecule has 1 unspecified atom stereocenters. The summed E-state index contributed by atoms with van der Waals surface area (Å²) in [7, 11) is 2.12. The van der Waals surface area contributed by atoms with Gasteiger partial charge in [-0.25, -0.2) is 0 Å². The van der Waals surface area contributed by atoms with Crippen molar-refractivity contribution in [3.63, 3.8) is 0 Å². The number of hydrogen-bond donors (Lipinski definition) is 2. The van der Waals surface area contributed by atoms with Gasteiger partial charge >= 0.3 is 0 Å². The largest absolute Gasteiger partial charge is 0.399 e. The van der Waals surface area contributed by atoms with Gasteiger partial charge in [-0.3, -0.25) is 4.79 Å². The summed E-state index contributed by atoms with van der Waals surface area (Å²) in [5.41, 5.74) is 7.11. The molecule has 1 aromatic carbocycles. The van der Waals surface area contributed by atoms with Gasteiger partial charge in [-0.05, 0) is 50.2 Å². The molecule has 3 N–H and O–H groups in total. The predicted octanol–water partition coefficient (Wildman–Crippen LogP) is 2.97. The average molecular weight is 277 g/mol. The second kappa shape index (κ2) is 8.59. The molecule has 0 spiro atoms. The second-order valence-corrected chi connectivity index (χ2v) is 5.55. The van der Waals surface area contributed by atoms with E-state index in [2.05, 4.69) is 31.1 Å². The van der Waals surface area contributed by atoms with Crippen LogP contribution in [0.3, 0.4) is 0 Å². The average Bonchev–Trinajstić information content (AvgIpc) is 2.41. The molecule has 1 aromatic rings. The monoisotopic (exact) mass is 277 g/mol. The molecule has 0 saturated heterocycles. The van der Waals surface area contributed by atoms with E-state index in [4.69, 9.17) is 5.73 Å². The fourth-order valence-corrected chi connectivity index (χ4v) is 2.05. The van der Waals surface area contributed by atoms with Crippen LogP contribution in [0, 0.1) is 5.92 Å². The van der Waals surface area contributed by atoms with Gasteiger partial charge in [-0.1, -0.05) is 20.3 Å². The lowest BCUT2D eigenvalue weighted by Gasteiger charge is -2.20. The summed E-state index contributed by atoms with van der Waals surface area (Å²) in [6.07, 6.45) is 2.63. The molecule has 1 rings (SSSR count). The minimum Gasteiger partial charge on any atom is -0.399 e. The van der Waals surface area contributed by atoms with Crippen LogP contribution in [-0.4, -0.2) is 30.9 Å². The van der Waals surface area contributed by atoms with Crippen molar-refractivity contribution >= 4 is 17.3 Å². The molecule has 112 valence electrons. The zero-order valence-electron chi connectivity index (χ0n) is 12.9. The van der Waals surface area contributed by atoms with E-state index < -0.39 is 0 Å². The molecule has 0 radical (unpaired) electrons. The molecule has 0 saturated carbocycles. The molecule has 0 aliphatic carbocycles. The fraction of sp³-hybridized carbons (Fsp3) is 0.562. The van der Waals surface area contributed by atoms with Crippen molar-refractivity contribution in [3.8, 4) is 0 Å². The molecular formula is C16H27N3O. The number of carbonyl (C=O) groups excluding carboxylic acids is 1. The number of hydrogen-bond acceptors (Lipinski definition) is 3. The van der Waals surface area contributed by atoms with Crippen LogP contribution in [-0.2, 0) is 4.79 Å². The molecule has 0 heterocycles. The Bertz CT molecular complexity index is 403. The molecule has 0 aromatic heterocycles. The van der Waals surface area contributed by atoms with E-state index in [-0.39, 0.29) is 5.91 Å². The summed E-state index contributed by atoms with van der Waals surface area (Å²) in [5.74, 6) is 0.773. The van der Waals surface area contributed by atoms with Gasteiger partial charge in [0.25, 0.3) is 0 Å². The lowest BCUT2D eigenvalue weighted by Crippen LogP contribution is -2.26. The van der Waals surface area contributed by atoms with E-state index in [0.717, 1.165) is 25.2 Å². The number of anilines is 2. The highest BCUT2D eigenvalue weighted by molar-refractivity contribution is 5.90. The number of benzene rings is 1. The number of amides is 1. The van der Waals surface area contributed by atoms with Gasteiger partial charge in [0.2, 0.25) is 5.91 Å². The first-order valence-corrected chi connectivity index (χ1v) is 7.35. The molecular weight excluding hydrogens is 250 g/mol. The van der Waals surface area contributed by atoms with Crippen LogP contribution in [0.4, 0.5) is 11.4 Å². The van der Waals surface area contributed by atoms with Crippen LogP contribution in [0.25, 0.3) is 0 Å². The van der Waals surface area contributed by atoms with Crippen molar-refractivity contribution in [1.29, 1.82) is 0 Å². The topological polar surface area (TPSA) is 58.4 Å². The molecule has 1 atom stereocenters. The Hall–Kier alpha value is -1.55. The molecule has 20 heavy (non-hydrogen) atoms. The van der Waals surface area contributed by atoms with Crippen LogP contribution in [0.1, 0.15) is 33.1 Å². The minimum atomic E-state index is 0.0618. The summed E-state index contributed by atoms with van der Waals surface area (Å²) < 4.78 is 0. The van der Waals surface area contributed by atoms with Gasteiger partial charge in [0.15, 0.2) is 0 Å². The molecule has 0 bridgehead atoms. The third kappa shape index (κ3) is 6.57. The van der Waals surface area contributed by atoms with E-state index in [1.54, 1.807) is 12.1 Å². The maximum absolute atomic E-state index is 11.8. The van der Waals surface area contributed by atoms with Crippen molar-refractivity contribution in [2.75, 3.05) is 31.2 Å². The fourth-order valence-electron chi connectivity index (χ4n) is 2.05. The summed E-state index contributed by atoms with van der Waals surface area (Å²) in [6, 6.07) is 7.22. The van der Waals surface area contributed by atoms with Crippen molar-refractivity contribution in [2.45, 2.75) is 33.1 Å². The summed E-state index contributed by atoms with van der Waals surface area (Å²) in [6.45, 7) is 6.51. The van der Waals surface area contributed by atoms with E-state index in [0.29, 0.717) is 18.0 Å². The molecule has 4 nitrogen and oxygen atoms in total. The number of nitrogens with one attached hydrogen (secondary N) is 1. The maximum atomic E-state index is 11.8. The zero-order chi connectivity index (χ0) is 15.0. The lowest BCUT2D eigenvalue weighted by atomic mass is 10.1. The Kier molecular flexibility index (Phi) is 7.09. The normalized spacial score (nSPS) is 12.4. The Labute approximate surface area is 122 Å². The third-order valence-corrected chi connectivity index (χ3v) is 3.46. The first-order chi connectivity index (χ1) is 9.51. The van der Waals surface area contributed by atoms with Crippen LogP contribution in [0.15, 0.2) is 24.3 Å². The SMILES string of the molecule is CCC(C)CN(C)CCCC(=O)Nc1ccc(N)cc1. The number of rotatable bonds is 8. The van der Waals surface area contributed by atoms with Gasteiger partial charge in [0, 0.05) is 24.3 Å². The Balaban J connectivity index is 2.21. The zero-order valence-corrected chi connectivity index (χ0v) is 12.9. The van der Waals surface area contributed by atoms with Crippen molar-refractivity contribution < 1.29 is 4.79 Å². The number of nitrogen functional groups attached to an aromatic ring is 1. The number of nitrogens with zero attached hydrogens (tertiary/aromatic N) is 1. The van der Waals surface area contributed by atoms with Crippen LogP contribution in [0.5, 0.6) is 0 Å². The quantitative estimate of drug-likeness (QED) is 0.718. The van der Waals surface area contributed by atoms with Crippen LogP contribution >= 0.6 is 0 Å². The molecule has 0 fully saturated rings. The van der Waals surface area contributed by atoms with Crippen molar-refractivity contribution in [1.82, 2.24) is 4.90 Å². The van der Waals surface area contributed by atoms with Crippen LogP contribution < -0.4 is 11.1 Å². The maximum Gasteiger partial charge on any atom is 0.224 e. The first kappa shape index (κ1) is 16.5. The lowest BCUT2D eigenvalue weighted by molar-refractivity contribution is -0.116. The van der Waals surface area contributed by atoms with Gasteiger partial charge in [-0.15, -0.1) is 0 Å². The van der Waals surface area contributed by atoms with Crippen molar-refractivity contribution in [2.24, 2.45) is 5.92 Å². The number of carbonyl (C=O) groups is 1. The smallest absolute Gasteiger partial charge is 0.224 e. The van der Waals surface area contributed by atoms with E-state index >= 15 is 0 Å². The van der Waals surface area contributed by atoms with Gasteiger partial charge in [-0.2, -0.15) is 0 Å². The van der Waals surface area contributed by atoms with Gasteiger partial charge in [0.05, 0.1) is 0 Å². The van der Waals surface area contributed by atoms with E-state index in [1.165, 1.54) is 6.42 Å². The first-order valence-electron chi connectivity index (χ1n) is 7.35. The van der Waals surface area contributed by atoms with E-state index in [9.17, 15) is 4.79 Å². The summed E-state index contributed by atoms with van der Waals surface area (Å²) in [4.78, 5) is 14.1. The standard InChI is InChI=1S/C16H27N3O/c1-4-13(2)12-19(3)11-5-6-16(20)18-15-9-7-14(17)8-10-15/h7-10,13H,4-6,11-12,17H2,1-3H3,(H,18,20). The Morgan fingerprint density at radius 3 is 2.60 bits per heavy atom. The summed E-state index contributed by atoms with van der Waals surface area (Å²) >= 11 is 0. The summed E-state index contributed by atoms with van der Waals surface area (Å²) in [5, 5.41) is 2.88. The highest BCUT2D eigenvalue weighted by atomic mass is 16.1. The molecule has 0 aliphatic heterocycles. The van der Waals surface area contributed by atoms with Gasteiger partial charge in [0.1, 0.15) is 0 Å². The van der Waals surface area contributed by atoms with E-state index in [1.807, 2.05) is 12.1 Å². The van der Waals surface area contributed by atoms with Gasteiger partial charge < -0.3 is 16.0 Å². The van der Waals surface area contributed by atoms with Crippen molar-refractivity contribution in [3.05, 3.63) is 24.3 Å². The second-order valence-electron chi connectivity index (χ2n) is 5.55. The number of nitrogens with two attached hydrogens (primary N) is 1. The highest BCUT2D eigenvalue weighted by Crippen LogP contribution is 2.11. The third-order valence-electron chi connectivity index (χ3n) is 3.46. The predicted molar refractivity (Wildman–Crippen MR) is 85.7 cm³/mol. The minimum absolute atomic E-state index is 0.0618. The highest BCUT2D eigenvalue weighted by Gasteiger charge is 2.06. The molecule has 4 heteroatoms. The molecule has 0 aliphatic rings. The Morgan fingerprint density at radius 1 is 1.35 bits per heavy atom. The Morgan fingerprint density at radius 2 is 2.00 bits per heavy atom. The van der Waals surface area contributed by atoms with Crippen LogP contribution in [0.2, 0.25) is 0 Å².